The average Bonchev–Trinajstić information content (AvgIpc) is 3.17. The molecule has 5 heteroatoms. The van der Waals surface area contributed by atoms with Gasteiger partial charge in [0.25, 0.3) is 0 Å². The lowest BCUT2D eigenvalue weighted by Gasteiger charge is -2.18. The van der Waals surface area contributed by atoms with Gasteiger partial charge < -0.3 is 9.15 Å². The Hall–Kier alpha value is -1.72. The van der Waals surface area contributed by atoms with Crippen LogP contribution in [0, 0.1) is 6.92 Å². The van der Waals surface area contributed by atoms with Crippen molar-refractivity contribution in [3.8, 4) is 0 Å². The van der Waals surface area contributed by atoms with Crippen LogP contribution in [0.3, 0.4) is 0 Å². The lowest BCUT2D eigenvalue weighted by Crippen LogP contribution is -2.25. The van der Waals surface area contributed by atoms with Gasteiger partial charge in [-0.2, -0.15) is 0 Å². The molecule has 0 N–H and O–H groups in total. The Balaban J connectivity index is 1.50. The molecule has 0 unspecified atom stereocenters. The average molecular weight is 313 g/mol. The van der Waals surface area contributed by atoms with E-state index < -0.39 is 0 Å². The summed E-state index contributed by atoms with van der Waals surface area (Å²) >= 11 is 0. The zero-order valence-electron chi connectivity index (χ0n) is 13.6. The van der Waals surface area contributed by atoms with Gasteiger partial charge in [0.05, 0.1) is 18.8 Å². The summed E-state index contributed by atoms with van der Waals surface area (Å²) in [4.78, 5) is 11.6. The molecule has 0 amide bonds. The van der Waals surface area contributed by atoms with Crippen LogP contribution in [0.4, 0.5) is 0 Å². The van der Waals surface area contributed by atoms with E-state index in [4.69, 9.17) is 9.15 Å². The van der Waals surface area contributed by atoms with Crippen molar-refractivity contribution in [1.29, 1.82) is 0 Å². The number of ether oxygens (including phenoxy) is 1. The molecule has 0 saturated carbocycles. The summed E-state index contributed by atoms with van der Waals surface area (Å²) in [7, 11) is 0. The van der Waals surface area contributed by atoms with Crippen LogP contribution in [-0.2, 0) is 24.1 Å². The van der Waals surface area contributed by atoms with Crippen molar-refractivity contribution in [2.45, 2.75) is 38.6 Å². The van der Waals surface area contributed by atoms with Crippen molar-refractivity contribution in [3.05, 3.63) is 46.9 Å². The quantitative estimate of drug-likeness (QED) is 0.871. The summed E-state index contributed by atoms with van der Waals surface area (Å²) in [6.45, 7) is 6.57. The molecular formula is C18H23N3O2. The van der Waals surface area contributed by atoms with Crippen LogP contribution in [0.25, 0.3) is 0 Å². The lowest BCUT2D eigenvalue weighted by molar-refractivity contribution is 0.193. The predicted octanol–water partition coefficient (Wildman–Crippen LogP) is 2.48. The zero-order chi connectivity index (χ0) is 15.6. The molecule has 0 bridgehead atoms. The van der Waals surface area contributed by atoms with Gasteiger partial charge in [-0.15, -0.1) is 0 Å². The van der Waals surface area contributed by atoms with E-state index in [9.17, 15) is 0 Å². The predicted molar refractivity (Wildman–Crippen MR) is 86.3 cm³/mol. The highest BCUT2D eigenvalue weighted by atomic mass is 16.5. The smallest absolute Gasteiger partial charge is 0.118 e. The van der Waals surface area contributed by atoms with E-state index in [1.807, 2.05) is 13.0 Å². The molecule has 1 atom stereocenters. The molecule has 1 fully saturated rings. The van der Waals surface area contributed by atoms with Gasteiger partial charge in [0.2, 0.25) is 0 Å². The van der Waals surface area contributed by atoms with Crippen molar-refractivity contribution in [1.82, 2.24) is 14.9 Å². The summed E-state index contributed by atoms with van der Waals surface area (Å²) in [6.07, 6.45) is 4.82. The summed E-state index contributed by atoms with van der Waals surface area (Å²) in [6, 6.07) is 4.11. The van der Waals surface area contributed by atoms with Gasteiger partial charge in [-0.05, 0) is 37.5 Å². The summed E-state index contributed by atoms with van der Waals surface area (Å²) < 4.78 is 11.3. The number of hydrogen-bond acceptors (Lipinski definition) is 5. The van der Waals surface area contributed by atoms with E-state index in [1.165, 1.54) is 17.0 Å². The standard InChI is InChI=1S/C18H23N3O2/c1-13-2-3-15(23-13)10-21-7-4-16-17(5-8-21)19-12-20-18(16)14-6-9-22-11-14/h2-3,12,14H,4-11H2,1H3/t14-/m0/s1. The van der Waals surface area contributed by atoms with E-state index in [-0.39, 0.29) is 0 Å². The van der Waals surface area contributed by atoms with Crippen LogP contribution < -0.4 is 0 Å². The van der Waals surface area contributed by atoms with Gasteiger partial charge in [0, 0.05) is 37.7 Å². The Kier molecular flexibility index (Phi) is 4.14. The second-order valence-corrected chi connectivity index (χ2v) is 6.53. The SMILES string of the molecule is Cc1ccc(CN2CCc3ncnc([C@H]4CCOC4)c3CC2)o1. The molecule has 2 aromatic rings. The maximum Gasteiger partial charge on any atom is 0.118 e. The normalized spacial score (nSPS) is 22.0. The van der Waals surface area contributed by atoms with Gasteiger partial charge in [-0.1, -0.05) is 0 Å². The summed E-state index contributed by atoms with van der Waals surface area (Å²) in [5.41, 5.74) is 3.81. The number of aryl methyl sites for hydroxylation is 1. The van der Waals surface area contributed by atoms with E-state index in [0.717, 1.165) is 63.6 Å². The van der Waals surface area contributed by atoms with Crippen LogP contribution in [-0.4, -0.2) is 41.2 Å². The van der Waals surface area contributed by atoms with E-state index >= 15 is 0 Å². The molecule has 5 nitrogen and oxygen atoms in total. The maximum absolute atomic E-state index is 5.72. The minimum Gasteiger partial charge on any atom is -0.465 e. The van der Waals surface area contributed by atoms with Gasteiger partial charge in [-0.3, -0.25) is 4.90 Å². The number of hydrogen-bond donors (Lipinski definition) is 0. The van der Waals surface area contributed by atoms with E-state index in [1.54, 1.807) is 6.33 Å². The van der Waals surface area contributed by atoms with Crippen LogP contribution in [0.1, 0.15) is 40.8 Å². The topological polar surface area (TPSA) is 51.4 Å². The number of fused-ring (bicyclic) bond motifs is 1. The molecule has 0 radical (unpaired) electrons. The molecule has 0 spiro atoms. The van der Waals surface area contributed by atoms with Gasteiger partial charge >= 0.3 is 0 Å². The first-order chi connectivity index (χ1) is 11.3. The monoisotopic (exact) mass is 313 g/mol. The Morgan fingerprint density at radius 3 is 2.91 bits per heavy atom. The van der Waals surface area contributed by atoms with Crippen molar-refractivity contribution in [3.63, 3.8) is 0 Å². The molecule has 122 valence electrons. The van der Waals surface area contributed by atoms with Gasteiger partial charge in [-0.25, -0.2) is 9.97 Å². The Labute approximate surface area is 136 Å². The molecule has 2 aliphatic heterocycles. The number of rotatable bonds is 3. The first-order valence-electron chi connectivity index (χ1n) is 8.47. The minimum atomic E-state index is 0.450. The molecule has 2 aromatic heterocycles. The summed E-state index contributed by atoms with van der Waals surface area (Å²) in [5.74, 6) is 2.47. The fraction of sp³-hybridized carbons (Fsp3) is 0.556. The highest BCUT2D eigenvalue weighted by Crippen LogP contribution is 2.29. The molecule has 1 saturated heterocycles. The van der Waals surface area contributed by atoms with Gasteiger partial charge in [0.1, 0.15) is 17.8 Å². The van der Waals surface area contributed by atoms with Crippen molar-refractivity contribution in [2.75, 3.05) is 26.3 Å². The third-order valence-electron chi connectivity index (χ3n) is 4.90. The zero-order valence-corrected chi connectivity index (χ0v) is 13.6. The molecular weight excluding hydrogens is 290 g/mol. The first kappa shape index (κ1) is 14.8. The van der Waals surface area contributed by atoms with Crippen molar-refractivity contribution < 1.29 is 9.15 Å². The third kappa shape index (κ3) is 3.16. The largest absolute Gasteiger partial charge is 0.465 e. The van der Waals surface area contributed by atoms with Crippen LogP contribution in [0.5, 0.6) is 0 Å². The maximum atomic E-state index is 5.72. The lowest BCUT2D eigenvalue weighted by atomic mass is 9.96. The Bertz CT molecular complexity index is 677. The molecule has 4 rings (SSSR count). The molecule has 4 heterocycles. The highest BCUT2D eigenvalue weighted by molar-refractivity contribution is 5.30. The number of furan rings is 1. The van der Waals surface area contributed by atoms with Crippen LogP contribution in [0.2, 0.25) is 0 Å². The molecule has 2 aliphatic rings. The highest BCUT2D eigenvalue weighted by Gasteiger charge is 2.26. The van der Waals surface area contributed by atoms with E-state index in [2.05, 4.69) is 20.9 Å². The van der Waals surface area contributed by atoms with Crippen molar-refractivity contribution >= 4 is 0 Å². The molecule has 0 aromatic carbocycles. The van der Waals surface area contributed by atoms with Crippen molar-refractivity contribution in [2.24, 2.45) is 0 Å². The molecule has 0 aliphatic carbocycles. The third-order valence-corrected chi connectivity index (χ3v) is 4.90. The first-order valence-corrected chi connectivity index (χ1v) is 8.47. The van der Waals surface area contributed by atoms with E-state index in [0.29, 0.717) is 5.92 Å². The fourth-order valence-corrected chi connectivity index (χ4v) is 3.65. The molecule has 23 heavy (non-hydrogen) atoms. The fourth-order valence-electron chi connectivity index (χ4n) is 3.65. The second kappa shape index (κ2) is 6.42. The van der Waals surface area contributed by atoms with Crippen LogP contribution >= 0.6 is 0 Å². The summed E-state index contributed by atoms with van der Waals surface area (Å²) in [5, 5.41) is 0. The van der Waals surface area contributed by atoms with Crippen LogP contribution in [0.15, 0.2) is 22.9 Å². The number of nitrogens with zero attached hydrogens (tertiary/aromatic N) is 3. The Morgan fingerprint density at radius 2 is 2.13 bits per heavy atom. The van der Waals surface area contributed by atoms with Gasteiger partial charge in [0.15, 0.2) is 0 Å². The number of aromatic nitrogens is 2. The second-order valence-electron chi connectivity index (χ2n) is 6.53. The minimum absolute atomic E-state index is 0.450. The Morgan fingerprint density at radius 1 is 1.22 bits per heavy atom.